The summed E-state index contributed by atoms with van der Waals surface area (Å²) in [5.74, 6) is -0.512. The molecule has 0 N–H and O–H groups in total. The fourth-order valence-corrected chi connectivity index (χ4v) is 0.491. The highest BCUT2D eigenvalue weighted by Gasteiger charge is 2.10. The lowest BCUT2D eigenvalue weighted by molar-refractivity contribution is -0.299. The van der Waals surface area contributed by atoms with Crippen molar-refractivity contribution in [2.45, 2.75) is 20.0 Å². The summed E-state index contributed by atoms with van der Waals surface area (Å²) < 4.78 is 4.54. The van der Waals surface area contributed by atoms with Crippen LogP contribution in [0.15, 0.2) is 0 Å². The van der Waals surface area contributed by atoms with E-state index in [0.29, 0.717) is 6.61 Å². The standard InChI is InChI=1S/C7H11NO4/c1-3-10-11-5-7(4-8)12-6(2)9/h7H,3,5H2,1-2H3. The molecule has 12 heavy (non-hydrogen) atoms. The molecule has 0 aromatic heterocycles. The third-order valence-electron chi connectivity index (χ3n) is 0.873. The summed E-state index contributed by atoms with van der Waals surface area (Å²) >= 11 is 0. The smallest absolute Gasteiger partial charge is 0.304 e. The fourth-order valence-electron chi connectivity index (χ4n) is 0.491. The molecular weight excluding hydrogens is 162 g/mol. The van der Waals surface area contributed by atoms with Crippen LogP contribution in [0.3, 0.4) is 0 Å². The molecule has 0 heterocycles. The Morgan fingerprint density at radius 2 is 2.25 bits per heavy atom. The Kier molecular flexibility index (Phi) is 5.97. The summed E-state index contributed by atoms with van der Waals surface area (Å²) in [6.07, 6.45) is -0.894. The monoisotopic (exact) mass is 173 g/mol. The predicted octanol–water partition coefficient (Wildman–Crippen LogP) is 0.410. The van der Waals surface area contributed by atoms with Crippen molar-refractivity contribution in [3.8, 4) is 6.07 Å². The number of rotatable bonds is 5. The van der Waals surface area contributed by atoms with Gasteiger partial charge in [-0.2, -0.15) is 5.26 Å². The van der Waals surface area contributed by atoms with Crippen LogP contribution >= 0.6 is 0 Å². The van der Waals surface area contributed by atoms with Crippen molar-refractivity contribution in [3.05, 3.63) is 0 Å². The topological polar surface area (TPSA) is 68.6 Å². The van der Waals surface area contributed by atoms with E-state index in [1.165, 1.54) is 6.92 Å². The molecule has 0 radical (unpaired) electrons. The number of nitrogens with zero attached hydrogens (tertiary/aromatic N) is 1. The van der Waals surface area contributed by atoms with Crippen LogP contribution < -0.4 is 0 Å². The Bertz CT molecular complexity index is 175. The minimum absolute atomic E-state index is 0.0656. The van der Waals surface area contributed by atoms with Crippen molar-refractivity contribution in [2.75, 3.05) is 13.2 Å². The van der Waals surface area contributed by atoms with Crippen molar-refractivity contribution in [1.29, 1.82) is 5.26 Å². The van der Waals surface area contributed by atoms with Crippen LogP contribution in [0.1, 0.15) is 13.8 Å². The first-order valence-corrected chi connectivity index (χ1v) is 3.52. The molecule has 0 bridgehead atoms. The summed E-state index contributed by atoms with van der Waals surface area (Å²) in [6, 6.07) is 1.74. The van der Waals surface area contributed by atoms with Gasteiger partial charge in [0, 0.05) is 6.92 Å². The second kappa shape index (κ2) is 6.58. The molecule has 0 spiro atoms. The Hall–Kier alpha value is -1.12. The molecule has 5 heteroatoms. The van der Waals surface area contributed by atoms with E-state index in [4.69, 9.17) is 5.26 Å². The van der Waals surface area contributed by atoms with Crippen molar-refractivity contribution in [1.82, 2.24) is 0 Å². The SMILES string of the molecule is CCOOCC(C#N)OC(C)=O. The minimum Gasteiger partial charge on any atom is -0.444 e. The first kappa shape index (κ1) is 10.9. The van der Waals surface area contributed by atoms with Crippen molar-refractivity contribution in [3.63, 3.8) is 0 Å². The average molecular weight is 173 g/mol. The second-order valence-electron chi connectivity index (χ2n) is 1.92. The van der Waals surface area contributed by atoms with E-state index in [9.17, 15) is 4.79 Å². The molecule has 68 valence electrons. The molecule has 1 unspecified atom stereocenters. The number of hydrogen-bond donors (Lipinski definition) is 0. The first-order valence-electron chi connectivity index (χ1n) is 3.52. The highest BCUT2D eigenvalue weighted by molar-refractivity contribution is 5.66. The molecule has 5 nitrogen and oxygen atoms in total. The molecule has 0 aliphatic heterocycles. The summed E-state index contributed by atoms with van der Waals surface area (Å²) in [4.78, 5) is 19.4. The van der Waals surface area contributed by atoms with E-state index in [2.05, 4.69) is 14.5 Å². The zero-order chi connectivity index (χ0) is 9.40. The Morgan fingerprint density at radius 3 is 2.67 bits per heavy atom. The van der Waals surface area contributed by atoms with Crippen LogP contribution in [0.4, 0.5) is 0 Å². The third kappa shape index (κ3) is 5.65. The predicted molar refractivity (Wildman–Crippen MR) is 38.7 cm³/mol. The van der Waals surface area contributed by atoms with Gasteiger partial charge in [0.15, 0.2) is 0 Å². The van der Waals surface area contributed by atoms with Gasteiger partial charge >= 0.3 is 5.97 Å². The Balaban J connectivity index is 3.55. The van der Waals surface area contributed by atoms with Crippen LogP contribution in [-0.4, -0.2) is 25.3 Å². The van der Waals surface area contributed by atoms with Gasteiger partial charge in [-0.25, -0.2) is 9.78 Å². The van der Waals surface area contributed by atoms with Gasteiger partial charge in [0.05, 0.1) is 6.61 Å². The number of ether oxygens (including phenoxy) is 1. The van der Waals surface area contributed by atoms with Crippen molar-refractivity contribution >= 4 is 5.97 Å². The molecule has 0 aliphatic carbocycles. The second-order valence-corrected chi connectivity index (χ2v) is 1.92. The van der Waals surface area contributed by atoms with Crippen LogP contribution in [0.5, 0.6) is 0 Å². The Labute approximate surface area is 70.8 Å². The molecule has 0 saturated carbocycles. The van der Waals surface area contributed by atoms with Gasteiger partial charge in [-0.05, 0) is 6.92 Å². The van der Waals surface area contributed by atoms with Gasteiger partial charge in [0.2, 0.25) is 6.10 Å². The Morgan fingerprint density at radius 1 is 1.58 bits per heavy atom. The number of hydrogen-bond acceptors (Lipinski definition) is 5. The van der Waals surface area contributed by atoms with E-state index in [1.54, 1.807) is 13.0 Å². The zero-order valence-electron chi connectivity index (χ0n) is 7.07. The maximum atomic E-state index is 10.4. The lowest BCUT2D eigenvalue weighted by atomic mass is 10.4. The van der Waals surface area contributed by atoms with E-state index < -0.39 is 12.1 Å². The highest BCUT2D eigenvalue weighted by atomic mass is 17.2. The van der Waals surface area contributed by atoms with Gasteiger partial charge in [-0.1, -0.05) is 0 Å². The summed E-state index contributed by atoms with van der Waals surface area (Å²) in [7, 11) is 0. The van der Waals surface area contributed by atoms with Crippen molar-refractivity contribution < 1.29 is 19.3 Å². The number of nitriles is 1. The zero-order valence-corrected chi connectivity index (χ0v) is 7.07. The van der Waals surface area contributed by atoms with Crippen molar-refractivity contribution in [2.24, 2.45) is 0 Å². The average Bonchev–Trinajstić information content (AvgIpc) is 2.02. The maximum Gasteiger partial charge on any atom is 0.304 e. The van der Waals surface area contributed by atoms with Gasteiger partial charge in [-0.3, -0.25) is 4.79 Å². The summed E-state index contributed by atoms with van der Waals surface area (Å²) in [5, 5.41) is 8.41. The molecule has 0 aromatic rings. The van der Waals surface area contributed by atoms with E-state index in [-0.39, 0.29) is 6.61 Å². The van der Waals surface area contributed by atoms with E-state index >= 15 is 0 Å². The van der Waals surface area contributed by atoms with E-state index in [1.807, 2.05) is 0 Å². The number of carbonyl (C=O) groups excluding carboxylic acids is 1. The molecule has 0 fully saturated rings. The molecule has 0 aromatic carbocycles. The van der Waals surface area contributed by atoms with Gasteiger partial charge in [0.25, 0.3) is 0 Å². The van der Waals surface area contributed by atoms with Gasteiger partial charge < -0.3 is 4.74 Å². The van der Waals surface area contributed by atoms with Crippen LogP contribution in [0.2, 0.25) is 0 Å². The molecule has 0 saturated heterocycles. The van der Waals surface area contributed by atoms with Gasteiger partial charge in [0.1, 0.15) is 12.7 Å². The number of carbonyl (C=O) groups is 1. The lowest BCUT2D eigenvalue weighted by Crippen LogP contribution is -2.20. The van der Waals surface area contributed by atoms with Crippen LogP contribution in [-0.2, 0) is 19.3 Å². The number of esters is 1. The largest absolute Gasteiger partial charge is 0.444 e. The van der Waals surface area contributed by atoms with Crippen LogP contribution in [0.25, 0.3) is 0 Å². The molecular formula is C7H11NO4. The molecule has 0 rings (SSSR count). The minimum atomic E-state index is -0.894. The summed E-state index contributed by atoms with van der Waals surface area (Å²) in [5.41, 5.74) is 0. The van der Waals surface area contributed by atoms with E-state index in [0.717, 1.165) is 0 Å². The van der Waals surface area contributed by atoms with Gasteiger partial charge in [-0.15, -0.1) is 0 Å². The normalized spacial score (nSPS) is 11.8. The third-order valence-corrected chi connectivity index (χ3v) is 0.873. The summed E-state index contributed by atoms with van der Waals surface area (Å²) in [6.45, 7) is 3.29. The quantitative estimate of drug-likeness (QED) is 0.260. The molecule has 1 atom stereocenters. The molecule has 0 aliphatic rings. The fraction of sp³-hybridized carbons (Fsp3) is 0.714. The highest BCUT2D eigenvalue weighted by Crippen LogP contribution is 1.92. The first-order chi connectivity index (χ1) is 5.70. The van der Waals surface area contributed by atoms with Crippen LogP contribution in [0, 0.1) is 11.3 Å². The maximum absolute atomic E-state index is 10.4. The molecule has 0 amide bonds. The lowest BCUT2D eigenvalue weighted by Gasteiger charge is -2.07.